The lowest BCUT2D eigenvalue weighted by atomic mass is 10.1. The molecule has 2 aliphatic carbocycles. The Labute approximate surface area is 176 Å². The highest BCUT2D eigenvalue weighted by Crippen LogP contribution is 2.30. The van der Waals surface area contributed by atoms with Gasteiger partial charge in [0.15, 0.2) is 0 Å². The van der Waals surface area contributed by atoms with Crippen molar-refractivity contribution < 1.29 is 22.8 Å². The Morgan fingerprint density at radius 2 is 1.71 bits per heavy atom. The zero-order valence-electron chi connectivity index (χ0n) is 16.7. The molecule has 1 heterocycles. The van der Waals surface area contributed by atoms with E-state index in [1.165, 1.54) is 0 Å². The van der Waals surface area contributed by atoms with Crippen LogP contribution in [0.4, 0.5) is 13.2 Å². The van der Waals surface area contributed by atoms with Crippen molar-refractivity contribution in [3.63, 3.8) is 0 Å². The molecule has 0 bridgehead atoms. The second-order valence-corrected chi connectivity index (χ2v) is 8.08. The summed E-state index contributed by atoms with van der Waals surface area (Å²) < 4.78 is 39.6. The van der Waals surface area contributed by atoms with E-state index >= 15 is 0 Å². The number of carbonyl (C=O) groups is 2. The molecule has 6 nitrogen and oxygen atoms in total. The van der Waals surface area contributed by atoms with Crippen LogP contribution in [0.3, 0.4) is 0 Å². The van der Waals surface area contributed by atoms with Gasteiger partial charge in [-0.05, 0) is 49.4 Å². The van der Waals surface area contributed by atoms with Crippen molar-refractivity contribution in [2.24, 2.45) is 0 Å². The molecule has 2 aromatic rings. The summed E-state index contributed by atoms with van der Waals surface area (Å²) in [5, 5.41) is 2.91. The third kappa shape index (κ3) is 5.34. The van der Waals surface area contributed by atoms with Gasteiger partial charge in [0.25, 0.3) is 11.5 Å². The molecular weight excluding hydrogens is 411 g/mol. The number of nitrogens with one attached hydrogen (secondary N) is 1. The number of rotatable bonds is 7. The van der Waals surface area contributed by atoms with E-state index in [-0.39, 0.29) is 24.5 Å². The first-order valence-corrected chi connectivity index (χ1v) is 10.2. The first-order chi connectivity index (χ1) is 14.7. The van der Waals surface area contributed by atoms with Gasteiger partial charge in [-0.2, -0.15) is 13.2 Å². The molecule has 2 aliphatic rings. The van der Waals surface area contributed by atoms with Gasteiger partial charge in [0.2, 0.25) is 5.91 Å². The molecule has 1 aromatic heterocycles. The SMILES string of the molecule is O=C(NC1CC1)c1ccc(CN(C(=O)Cn2cc(C(F)(F)F)ccc2=O)C2CC2)cc1. The fraction of sp³-hybridized carbons (Fsp3) is 0.409. The van der Waals surface area contributed by atoms with Gasteiger partial charge in [0.05, 0.1) is 5.56 Å². The molecule has 1 aromatic carbocycles. The molecule has 2 saturated carbocycles. The third-order valence-corrected chi connectivity index (χ3v) is 5.41. The first-order valence-electron chi connectivity index (χ1n) is 10.2. The number of carbonyl (C=O) groups excluding carboxylic acids is 2. The van der Waals surface area contributed by atoms with Crippen molar-refractivity contribution in [1.29, 1.82) is 0 Å². The molecule has 31 heavy (non-hydrogen) atoms. The fourth-order valence-corrected chi connectivity index (χ4v) is 3.32. The van der Waals surface area contributed by atoms with Gasteiger partial charge in [-0.1, -0.05) is 12.1 Å². The molecule has 0 atom stereocenters. The summed E-state index contributed by atoms with van der Waals surface area (Å²) in [5.41, 5.74) is -0.295. The Balaban J connectivity index is 1.45. The van der Waals surface area contributed by atoms with Gasteiger partial charge in [0.1, 0.15) is 6.54 Å². The highest BCUT2D eigenvalue weighted by Gasteiger charge is 2.34. The van der Waals surface area contributed by atoms with Crippen LogP contribution in [-0.2, 0) is 24.1 Å². The summed E-state index contributed by atoms with van der Waals surface area (Å²) in [7, 11) is 0. The average molecular weight is 433 g/mol. The van der Waals surface area contributed by atoms with Crippen molar-refractivity contribution in [3.05, 3.63) is 69.6 Å². The van der Waals surface area contributed by atoms with E-state index in [4.69, 9.17) is 0 Å². The van der Waals surface area contributed by atoms with Gasteiger partial charge in [-0.25, -0.2) is 0 Å². The van der Waals surface area contributed by atoms with Crippen LogP contribution in [-0.4, -0.2) is 33.4 Å². The summed E-state index contributed by atoms with van der Waals surface area (Å²) >= 11 is 0. The maximum atomic E-state index is 12.9. The number of amides is 2. The fourth-order valence-electron chi connectivity index (χ4n) is 3.32. The van der Waals surface area contributed by atoms with Crippen LogP contribution < -0.4 is 10.9 Å². The summed E-state index contributed by atoms with van der Waals surface area (Å²) in [6.45, 7) is -0.192. The summed E-state index contributed by atoms with van der Waals surface area (Å²) in [6.07, 6.45) is -0.300. The van der Waals surface area contributed by atoms with E-state index in [1.54, 1.807) is 29.2 Å². The predicted molar refractivity (Wildman–Crippen MR) is 106 cm³/mol. The second-order valence-electron chi connectivity index (χ2n) is 8.08. The lowest BCUT2D eigenvalue weighted by molar-refractivity contribution is -0.139. The van der Waals surface area contributed by atoms with Gasteiger partial charge >= 0.3 is 6.18 Å². The van der Waals surface area contributed by atoms with E-state index in [2.05, 4.69) is 5.32 Å². The molecule has 4 rings (SSSR count). The molecule has 0 radical (unpaired) electrons. The van der Waals surface area contributed by atoms with E-state index in [0.717, 1.165) is 41.9 Å². The highest BCUT2D eigenvalue weighted by atomic mass is 19.4. The maximum Gasteiger partial charge on any atom is 0.417 e. The van der Waals surface area contributed by atoms with Gasteiger partial charge < -0.3 is 14.8 Å². The molecule has 0 unspecified atom stereocenters. The van der Waals surface area contributed by atoms with E-state index in [0.29, 0.717) is 17.8 Å². The molecule has 1 N–H and O–H groups in total. The lowest BCUT2D eigenvalue weighted by Crippen LogP contribution is -2.37. The standard InChI is InChI=1S/C22H22F3N3O3/c23-22(24,25)16-5-10-19(29)27(12-16)13-20(30)28(18-8-9-18)11-14-1-3-15(4-2-14)21(31)26-17-6-7-17/h1-5,10,12,17-18H,6-9,11,13H2,(H,26,31). The summed E-state index contributed by atoms with van der Waals surface area (Å²) in [5.74, 6) is -0.549. The molecule has 0 spiro atoms. The molecule has 2 amide bonds. The van der Waals surface area contributed by atoms with Crippen LogP contribution in [0.5, 0.6) is 0 Å². The number of hydrogen-bond acceptors (Lipinski definition) is 3. The largest absolute Gasteiger partial charge is 0.417 e. The quantitative estimate of drug-likeness (QED) is 0.730. The van der Waals surface area contributed by atoms with Gasteiger partial charge in [0, 0.05) is 36.5 Å². The zero-order chi connectivity index (χ0) is 22.2. The molecule has 9 heteroatoms. The molecule has 2 fully saturated rings. The first kappa shape index (κ1) is 21.1. The smallest absolute Gasteiger partial charge is 0.349 e. The Morgan fingerprint density at radius 3 is 2.29 bits per heavy atom. The van der Waals surface area contributed by atoms with Crippen molar-refractivity contribution in [3.8, 4) is 0 Å². The van der Waals surface area contributed by atoms with Crippen molar-refractivity contribution in [2.45, 2.75) is 57.0 Å². The predicted octanol–water partition coefficient (Wildman–Crippen LogP) is 2.95. The zero-order valence-corrected chi connectivity index (χ0v) is 16.7. The number of alkyl halides is 3. The lowest BCUT2D eigenvalue weighted by Gasteiger charge is -2.23. The van der Waals surface area contributed by atoms with Crippen LogP contribution in [0.1, 0.15) is 47.2 Å². The van der Waals surface area contributed by atoms with Gasteiger partial charge in [-0.15, -0.1) is 0 Å². The van der Waals surface area contributed by atoms with E-state index in [1.807, 2.05) is 0 Å². The third-order valence-electron chi connectivity index (χ3n) is 5.41. The van der Waals surface area contributed by atoms with Crippen LogP contribution in [0, 0.1) is 0 Å². The van der Waals surface area contributed by atoms with E-state index < -0.39 is 29.8 Å². The molecule has 0 saturated heterocycles. The minimum atomic E-state index is -4.60. The van der Waals surface area contributed by atoms with Crippen molar-refractivity contribution in [1.82, 2.24) is 14.8 Å². The number of pyridine rings is 1. The van der Waals surface area contributed by atoms with Crippen LogP contribution >= 0.6 is 0 Å². The number of aromatic nitrogens is 1. The molecule has 164 valence electrons. The van der Waals surface area contributed by atoms with Crippen LogP contribution in [0.25, 0.3) is 0 Å². The summed E-state index contributed by atoms with van der Waals surface area (Å²) in [4.78, 5) is 38.5. The average Bonchev–Trinajstić information content (AvgIpc) is 3.62. The number of hydrogen-bond donors (Lipinski definition) is 1. The normalized spacial score (nSPS) is 16.1. The van der Waals surface area contributed by atoms with Crippen LogP contribution in [0.15, 0.2) is 47.4 Å². The minimum Gasteiger partial charge on any atom is -0.349 e. The Morgan fingerprint density at radius 1 is 1.03 bits per heavy atom. The Kier molecular flexibility index (Phi) is 5.60. The Bertz CT molecular complexity index is 1040. The number of nitrogens with zero attached hydrogens (tertiary/aromatic N) is 2. The van der Waals surface area contributed by atoms with E-state index in [9.17, 15) is 27.6 Å². The van der Waals surface area contributed by atoms with Crippen molar-refractivity contribution in [2.75, 3.05) is 0 Å². The van der Waals surface area contributed by atoms with Crippen LogP contribution in [0.2, 0.25) is 0 Å². The second kappa shape index (κ2) is 8.20. The minimum absolute atomic E-state index is 0.00634. The number of benzene rings is 1. The van der Waals surface area contributed by atoms with Crippen molar-refractivity contribution >= 4 is 11.8 Å². The highest BCUT2D eigenvalue weighted by molar-refractivity contribution is 5.94. The molecular formula is C22H22F3N3O3. The topological polar surface area (TPSA) is 71.4 Å². The number of halogens is 3. The summed E-state index contributed by atoms with van der Waals surface area (Å²) in [6, 6.07) is 8.72. The molecule has 0 aliphatic heterocycles. The van der Waals surface area contributed by atoms with Gasteiger partial charge in [-0.3, -0.25) is 14.4 Å². The monoisotopic (exact) mass is 433 g/mol. The maximum absolute atomic E-state index is 12.9. The Hall–Kier alpha value is -3.10.